The Bertz CT molecular complexity index is 338. The van der Waals surface area contributed by atoms with Crippen LogP contribution >= 0.6 is 27.3 Å². The van der Waals surface area contributed by atoms with Gasteiger partial charge >= 0.3 is 0 Å². The summed E-state index contributed by atoms with van der Waals surface area (Å²) >= 11 is 5.23. The molecule has 2 N–H and O–H groups in total. The Morgan fingerprint density at radius 1 is 1.56 bits per heavy atom. The van der Waals surface area contributed by atoms with Crippen molar-refractivity contribution in [2.45, 2.75) is 19.1 Å². The molecule has 2 rings (SSSR count). The molecule has 0 radical (unpaired) electrons. The van der Waals surface area contributed by atoms with Gasteiger partial charge in [0, 0.05) is 31.1 Å². The second-order valence-corrected chi connectivity index (χ2v) is 6.83. The van der Waals surface area contributed by atoms with Gasteiger partial charge in [0.25, 0.3) is 0 Å². The summed E-state index contributed by atoms with van der Waals surface area (Å²) in [5, 5.41) is 6.60. The van der Waals surface area contributed by atoms with Crippen molar-refractivity contribution in [3.8, 4) is 0 Å². The van der Waals surface area contributed by atoms with Gasteiger partial charge in [-0.2, -0.15) is 0 Å². The van der Waals surface area contributed by atoms with Crippen molar-refractivity contribution in [3.05, 3.63) is 20.8 Å². The standard InChI is InChI=1S/C11H17BrN2OS/c1-11(7-14-8-11)15-5-4-13-6-9-2-3-10(12)16-9/h2-3,13-14H,4-8H2,1H3. The number of thiophene rings is 1. The fraction of sp³-hybridized carbons (Fsp3) is 0.636. The van der Waals surface area contributed by atoms with E-state index in [1.165, 1.54) is 8.66 Å². The van der Waals surface area contributed by atoms with E-state index >= 15 is 0 Å². The Hall–Kier alpha value is 0.0600. The average molecular weight is 305 g/mol. The molecular formula is C11H17BrN2OS. The molecule has 1 saturated heterocycles. The Morgan fingerprint density at radius 2 is 2.38 bits per heavy atom. The molecule has 5 heteroatoms. The van der Waals surface area contributed by atoms with Crippen LogP contribution in [0.3, 0.4) is 0 Å². The van der Waals surface area contributed by atoms with E-state index in [9.17, 15) is 0 Å². The van der Waals surface area contributed by atoms with Crippen LogP contribution in [0, 0.1) is 0 Å². The maximum absolute atomic E-state index is 5.78. The zero-order chi connectivity index (χ0) is 11.4. The second kappa shape index (κ2) is 5.60. The summed E-state index contributed by atoms with van der Waals surface area (Å²) in [5.41, 5.74) is 0.0770. The van der Waals surface area contributed by atoms with Crippen LogP contribution in [0.1, 0.15) is 11.8 Å². The Labute approximate surface area is 109 Å². The van der Waals surface area contributed by atoms with Crippen LogP contribution in [0.15, 0.2) is 15.9 Å². The van der Waals surface area contributed by atoms with Crippen molar-refractivity contribution in [2.75, 3.05) is 26.2 Å². The van der Waals surface area contributed by atoms with Crippen molar-refractivity contribution < 1.29 is 4.74 Å². The van der Waals surface area contributed by atoms with E-state index in [-0.39, 0.29) is 5.60 Å². The van der Waals surface area contributed by atoms with Gasteiger partial charge in [0.1, 0.15) is 0 Å². The molecule has 1 aromatic heterocycles. The number of ether oxygens (including phenoxy) is 1. The van der Waals surface area contributed by atoms with E-state index in [2.05, 4.69) is 45.6 Å². The van der Waals surface area contributed by atoms with Gasteiger partial charge in [0.15, 0.2) is 0 Å². The molecule has 16 heavy (non-hydrogen) atoms. The molecule has 1 aromatic rings. The van der Waals surface area contributed by atoms with Gasteiger partial charge in [-0.15, -0.1) is 11.3 Å². The molecule has 0 saturated carbocycles. The van der Waals surface area contributed by atoms with Gasteiger partial charge in [-0.25, -0.2) is 0 Å². The molecule has 0 atom stereocenters. The predicted octanol–water partition coefficient (Wildman–Crippen LogP) is 1.98. The summed E-state index contributed by atoms with van der Waals surface area (Å²) in [6, 6.07) is 4.22. The Kier molecular flexibility index (Phi) is 4.38. The molecule has 90 valence electrons. The van der Waals surface area contributed by atoms with Crippen LogP contribution in [0.25, 0.3) is 0 Å². The van der Waals surface area contributed by atoms with Crippen molar-refractivity contribution in [1.82, 2.24) is 10.6 Å². The topological polar surface area (TPSA) is 33.3 Å². The zero-order valence-electron chi connectivity index (χ0n) is 9.38. The fourth-order valence-electron chi connectivity index (χ4n) is 1.61. The first kappa shape index (κ1) is 12.5. The fourth-order valence-corrected chi connectivity index (χ4v) is 3.06. The molecule has 0 unspecified atom stereocenters. The third-order valence-corrected chi connectivity index (χ3v) is 4.28. The largest absolute Gasteiger partial charge is 0.371 e. The molecule has 3 nitrogen and oxygen atoms in total. The molecule has 0 spiro atoms. The number of hydrogen-bond donors (Lipinski definition) is 2. The zero-order valence-corrected chi connectivity index (χ0v) is 11.8. The summed E-state index contributed by atoms with van der Waals surface area (Å²) in [6.45, 7) is 6.72. The highest BCUT2D eigenvalue weighted by Gasteiger charge is 2.31. The van der Waals surface area contributed by atoms with Crippen molar-refractivity contribution in [1.29, 1.82) is 0 Å². The van der Waals surface area contributed by atoms with Crippen molar-refractivity contribution in [2.24, 2.45) is 0 Å². The first-order chi connectivity index (χ1) is 7.68. The van der Waals surface area contributed by atoms with Gasteiger partial charge < -0.3 is 15.4 Å². The summed E-state index contributed by atoms with van der Waals surface area (Å²) in [6.07, 6.45) is 0. The molecule has 2 heterocycles. The average Bonchev–Trinajstić information content (AvgIpc) is 2.61. The molecule has 0 amide bonds. The lowest BCUT2D eigenvalue weighted by molar-refractivity contribution is -0.0648. The van der Waals surface area contributed by atoms with E-state index in [4.69, 9.17) is 4.74 Å². The molecule has 0 bridgehead atoms. The van der Waals surface area contributed by atoms with E-state index in [0.717, 1.165) is 32.8 Å². The quantitative estimate of drug-likeness (QED) is 0.789. The van der Waals surface area contributed by atoms with Gasteiger partial charge in [-0.1, -0.05) is 0 Å². The van der Waals surface area contributed by atoms with Crippen LogP contribution in [-0.2, 0) is 11.3 Å². The monoisotopic (exact) mass is 304 g/mol. The number of nitrogens with one attached hydrogen (secondary N) is 2. The predicted molar refractivity (Wildman–Crippen MR) is 71.0 cm³/mol. The molecular weight excluding hydrogens is 288 g/mol. The second-order valence-electron chi connectivity index (χ2n) is 4.28. The van der Waals surface area contributed by atoms with Crippen molar-refractivity contribution >= 4 is 27.3 Å². The van der Waals surface area contributed by atoms with Gasteiger partial charge in [0.05, 0.1) is 16.0 Å². The summed E-state index contributed by atoms with van der Waals surface area (Å²) < 4.78 is 6.97. The highest BCUT2D eigenvalue weighted by Crippen LogP contribution is 2.21. The van der Waals surface area contributed by atoms with Crippen molar-refractivity contribution in [3.63, 3.8) is 0 Å². The minimum Gasteiger partial charge on any atom is -0.371 e. The Morgan fingerprint density at radius 3 is 2.94 bits per heavy atom. The lowest BCUT2D eigenvalue weighted by atomic mass is 10.0. The normalized spacial score (nSPS) is 18.4. The van der Waals surface area contributed by atoms with Crippen LogP contribution in [0.5, 0.6) is 0 Å². The highest BCUT2D eigenvalue weighted by atomic mass is 79.9. The lowest BCUT2D eigenvalue weighted by Crippen LogP contribution is -2.59. The maximum atomic E-state index is 5.78. The summed E-state index contributed by atoms with van der Waals surface area (Å²) in [7, 11) is 0. The molecule has 0 aliphatic carbocycles. The highest BCUT2D eigenvalue weighted by molar-refractivity contribution is 9.11. The van der Waals surface area contributed by atoms with Gasteiger partial charge in [-0.05, 0) is 35.0 Å². The molecule has 1 aliphatic heterocycles. The third-order valence-electron chi connectivity index (χ3n) is 2.66. The summed E-state index contributed by atoms with van der Waals surface area (Å²) in [5.74, 6) is 0. The first-order valence-electron chi connectivity index (χ1n) is 5.48. The SMILES string of the molecule is CC1(OCCNCc2ccc(Br)s2)CNC1. The smallest absolute Gasteiger partial charge is 0.0902 e. The van der Waals surface area contributed by atoms with Crippen LogP contribution in [-0.4, -0.2) is 31.8 Å². The molecule has 1 fully saturated rings. The Balaban J connectivity index is 1.55. The van der Waals surface area contributed by atoms with Crippen LogP contribution < -0.4 is 10.6 Å². The third kappa shape index (κ3) is 3.53. The van der Waals surface area contributed by atoms with Crippen LogP contribution in [0.4, 0.5) is 0 Å². The maximum Gasteiger partial charge on any atom is 0.0902 e. The van der Waals surface area contributed by atoms with Crippen LogP contribution in [0.2, 0.25) is 0 Å². The molecule has 0 aromatic carbocycles. The van der Waals surface area contributed by atoms with E-state index in [1.54, 1.807) is 11.3 Å². The lowest BCUT2D eigenvalue weighted by Gasteiger charge is -2.39. The molecule has 1 aliphatic rings. The minimum atomic E-state index is 0.0770. The van der Waals surface area contributed by atoms with Gasteiger partial charge in [0.2, 0.25) is 0 Å². The number of hydrogen-bond acceptors (Lipinski definition) is 4. The van der Waals surface area contributed by atoms with Gasteiger partial charge in [-0.3, -0.25) is 0 Å². The minimum absolute atomic E-state index is 0.0770. The van der Waals surface area contributed by atoms with E-state index in [1.807, 2.05) is 0 Å². The summed E-state index contributed by atoms with van der Waals surface area (Å²) in [4.78, 5) is 1.35. The van der Waals surface area contributed by atoms with E-state index in [0.29, 0.717) is 0 Å². The van der Waals surface area contributed by atoms with E-state index < -0.39 is 0 Å². The first-order valence-corrected chi connectivity index (χ1v) is 7.09. The number of rotatable bonds is 6. The number of halogens is 1.